The van der Waals surface area contributed by atoms with E-state index in [2.05, 4.69) is 15.9 Å². The summed E-state index contributed by atoms with van der Waals surface area (Å²) in [5.41, 5.74) is 0.459. The van der Waals surface area contributed by atoms with Crippen molar-refractivity contribution in [1.29, 1.82) is 0 Å². The van der Waals surface area contributed by atoms with Gasteiger partial charge in [0.05, 0.1) is 24.2 Å². The molecule has 0 aliphatic carbocycles. The number of carbonyl (C=O) groups excluding carboxylic acids is 1. The summed E-state index contributed by atoms with van der Waals surface area (Å²) in [6, 6.07) is 12.6. The lowest BCUT2D eigenvalue weighted by atomic mass is 10.2. The van der Waals surface area contributed by atoms with Crippen LogP contribution in [-0.2, 0) is 0 Å². The van der Waals surface area contributed by atoms with Gasteiger partial charge in [0.2, 0.25) is 0 Å². The second-order valence-corrected chi connectivity index (χ2v) is 6.17. The predicted octanol–water partition coefficient (Wildman–Crippen LogP) is 4.26. The maximum absolute atomic E-state index is 12.4. The van der Waals surface area contributed by atoms with Crippen molar-refractivity contribution in [3.63, 3.8) is 0 Å². The standard InChI is InChI=1S/C17H17BrClNO3/c1-20(17(21)13-11-12(18)7-8-14(13)19)9-10-23-16-6-4-3-5-15(16)22-2/h3-8,11H,9-10H2,1-2H3. The van der Waals surface area contributed by atoms with Crippen LogP contribution in [0.5, 0.6) is 11.5 Å². The molecule has 0 unspecified atom stereocenters. The number of methoxy groups -OCH3 is 1. The average Bonchev–Trinajstić information content (AvgIpc) is 2.56. The van der Waals surface area contributed by atoms with Gasteiger partial charge in [-0.2, -0.15) is 0 Å². The number of nitrogens with zero attached hydrogens (tertiary/aromatic N) is 1. The first-order chi connectivity index (χ1) is 11.0. The molecule has 2 rings (SSSR count). The van der Waals surface area contributed by atoms with Gasteiger partial charge in [0.25, 0.3) is 5.91 Å². The van der Waals surface area contributed by atoms with E-state index in [0.717, 1.165) is 4.47 Å². The fraction of sp³-hybridized carbons (Fsp3) is 0.235. The van der Waals surface area contributed by atoms with Crippen molar-refractivity contribution in [3.05, 3.63) is 57.5 Å². The van der Waals surface area contributed by atoms with Gasteiger partial charge in [0.1, 0.15) is 6.61 Å². The summed E-state index contributed by atoms with van der Waals surface area (Å²) in [5.74, 6) is 1.16. The van der Waals surface area contributed by atoms with Gasteiger partial charge >= 0.3 is 0 Å². The third-order valence-electron chi connectivity index (χ3n) is 3.26. The van der Waals surface area contributed by atoms with E-state index in [0.29, 0.717) is 35.2 Å². The number of amides is 1. The van der Waals surface area contributed by atoms with E-state index in [1.807, 2.05) is 24.3 Å². The van der Waals surface area contributed by atoms with Crippen LogP contribution in [0.4, 0.5) is 0 Å². The van der Waals surface area contributed by atoms with E-state index in [-0.39, 0.29) is 5.91 Å². The van der Waals surface area contributed by atoms with Crippen LogP contribution in [0, 0.1) is 0 Å². The van der Waals surface area contributed by atoms with Crippen LogP contribution in [0.3, 0.4) is 0 Å². The number of halogens is 2. The van der Waals surface area contributed by atoms with Crippen molar-refractivity contribution < 1.29 is 14.3 Å². The van der Waals surface area contributed by atoms with Gasteiger partial charge in [0.15, 0.2) is 11.5 Å². The number of ether oxygens (including phenoxy) is 2. The number of hydrogen-bond donors (Lipinski definition) is 0. The summed E-state index contributed by atoms with van der Waals surface area (Å²) in [7, 11) is 3.30. The maximum Gasteiger partial charge on any atom is 0.255 e. The Labute approximate surface area is 149 Å². The highest BCUT2D eigenvalue weighted by Crippen LogP contribution is 2.26. The Morgan fingerprint density at radius 3 is 2.61 bits per heavy atom. The highest BCUT2D eigenvalue weighted by Gasteiger charge is 2.15. The molecule has 0 aliphatic heterocycles. The zero-order valence-corrected chi connectivity index (χ0v) is 15.2. The van der Waals surface area contributed by atoms with Gasteiger partial charge in [-0.3, -0.25) is 4.79 Å². The molecule has 2 aromatic carbocycles. The van der Waals surface area contributed by atoms with E-state index in [4.69, 9.17) is 21.1 Å². The van der Waals surface area contributed by atoms with E-state index in [9.17, 15) is 4.79 Å². The van der Waals surface area contributed by atoms with Crippen molar-refractivity contribution >= 4 is 33.4 Å². The minimum Gasteiger partial charge on any atom is -0.493 e. The Morgan fingerprint density at radius 1 is 1.22 bits per heavy atom. The molecule has 0 aromatic heterocycles. The van der Waals surface area contributed by atoms with Gasteiger partial charge in [0, 0.05) is 11.5 Å². The summed E-state index contributed by atoms with van der Waals surface area (Å²) in [6.07, 6.45) is 0. The fourth-order valence-corrected chi connectivity index (χ4v) is 2.56. The molecular weight excluding hydrogens is 382 g/mol. The molecular formula is C17H17BrClNO3. The van der Waals surface area contributed by atoms with Gasteiger partial charge in [-0.05, 0) is 30.3 Å². The molecule has 0 heterocycles. The van der Waals surface area contributed by atoms with Crippen LogP contribution in [0.1, 0.15) is 10.4 Å². The number of rotatable bonds is 6. The van der Waals surface area contributed by atoms with E-state index < -0.39 is 0 Å². The largest absolute Gasteiger partial charge is 0.493 e. The molecule has 0 saturated heterocycles. The Kier molecular flexibility index (Phi) is 6.30. The molecule has 0 bridgehead atoms. The maximum atomic E-state index is 12.4. The molecule has 0 spiro atoms. The summed E-state index contributed by atoms with van der Waals surface area (Å²) in [6.45, 7) is 0.786. The Morgan fingerprint density at radius 2 is 1.91 bits per heavy atom. The SMILES string of the molecule is COc1ccccc1OCCN(C)C(=O)c1cc(Br)ccc1Cl. The Hall–Kier alpha value is -1.72. The van der Waals surface area contributed by atoms with E-state index >= 15 is 0 Å². The highest BCUT2D eigenvalue weighted by atomic mass is 79.9. The molecule has 2 aromatic rings. The second kappa shape index (κ2) is 8.22. The predicted molar refractivity (Wildman–Crippen MR) is 94.6 cm³/mol. The normalized spacial score (nSPS) is 10.3. The van der Waals surface area contributed by atoms with Gasteiger partial charge < -0.3 is 14.4 Å². The van der Waals surface area contributed by atoms with Gasteiger partial charge in [-0.25, -0.2) is 0 Å². The van der Waals surface area contributed by atoms with E-state index in [1.165, 1.54) is 0 Å². The molecule has 0 saturated carbocycles. The Balaban J connectivity index is 1.95. The van der Waals surface area contributed by atoms with Crippen LogP contribution < -0.4 is 9.47 Å². The molecule has 23 heavy (non-hydrogen) atoms. The number of para-hydroxylation sites is 2. The quantitative estimate of drug-likeness (QED) is 0.730. The lowest BCUT2D eigenvalue weighted by molar-refractivity contribution is 0.0773. The van der Waals surface area contributed by atoms with Crippen molar-refractivity contribution in [2.45, 2.75) is 0 Å². The number of hydrogen-bond acceptors (Lipinski definition) is 3. The summed E-state index contributed by atoms with van der Waals surface area (Å²) >= 11 is 9.43. The third kappa shape index (κ3) is 4.62. The van der Waals surface area contributed by atoms with E-state index in [1.54, 1.807) is 37.3 Å². The van der Waals surface area contributed by atoms with Gasteiger partial charge in [-0.1, -0.05) is 39.7 Å². The zero-order valence-electron chi connectivity index (χ0n) is 12.9. The topological polar surface area (TPSA) is 38.8 Å². The highest BCUT2D eigenvalue weighted by molar-refractivity contribution is 9.10. The third-order valence-corrected chi connectivity index (χ3v) is 4.08. The Bertz CT molecular complexity index is 693. The molecule has 122 valence electrons. The molecule has 1 amide bonds. The first kappa shape index (κ1) is 17.6. The molecule has 6 heteroatoms. The molecule has 4 nitrogen and oxygen atoms in total. The number of likely N-dealkylation sites (N-methyl/N-ethyl adjacent to an activating group) is 1. The number of carbonyl (C=O) groups is 1. The van der Waals surface area contributed by atoms with Crippen LogP contribution in [0.25, 0.3) is 0 Å². The smallest absolute Gasteiger partial charge is 0.255 e. The summed E-state index contributed by atoms with van der Waals surface area (Å²) in [4.78, 5) is 14.0. The zero-order chi connectivity index (χ0) is 16.8. The van der Waals surface area contributed by atoms with Crippen molar-refractivity contribution in [3.8, 4) is 11.5 Å². The van der Waals surface area contributed by atoms with Crippen LogP contribution >= 0.6 is 27.5 Å². The van der Waals surface area contributed by atoms with Gasteiger partial charge in [-0.15, -0.1) is 0 Å². The van der Waals surface area contributed by atoms with Crippen LogP contribution in [-0.4, -0.2) is 38.1 Å². The monoisotopic (exact) mass is 397 g/mol. The minimum absolute atomic E-state index is 0.153. The minimum atomic E-state index is -0.153. The first-order valence-electron chi connectivity index (χ1n) is 6.99. The molecule has 0 fully saturated rings. The van der Waals surface area contributed by atoms with Crippen LogP contribution in [0.2, 0.25) is 5.02 Å². The molecule has 0 N–H and O–H groups in total. The van der Waals surface area contributed by atoms with Crippen molar-refractivity contribution in [2.24, 2.45) is 0 Å². The van der Waals surface area contributed by atoms with Crippen molar-refractivity contribution in [1.82, 2.24) is 4.90 Å². The van der Waals surface area contributed by atoms with Crippen LogP contribution in [0.15, 0.2) is 46.9 Å². The summed E-state index contributed by atoms with van der Waals surface area (Å²) in [5, 5.41) is 0.427. The molecule has 0 aliphatic rings. The lowest BCUT2D eigenvalue weighted by Gasteiger charge is -2.19. The first-order valence-corrected chi connectivity index (χ1v) is 8.16. The second-order valence-electron chi connectivity index (χ2n) is 4.85. The van der Waals surface area contributed by atoms with Crippen molar-refractivity contribution in [2.75, 3.05) is 27.3 Å². The summed E-state index contributed by atoms with van der Waals surface area (Å²) < 4.78 is 11.7. The molecule has 0 atom stereocenters. The number of benzene rings is 2. The lowest BCUT2D eigenvalue weighted by Crippen LogP contribution is -2.31. The molecule has 0 radical (unpaired) electrons. The fourth-order valence-electron chi connectivity index (χ4n) is 2.00. The average molecular weight is 399 g/mol.